The summed E-state index contributed by atoms with van der Waals surface area (Å²) in [6.07, 6.45) is 0.375. The lowest BCUT2D eigenvalue weighted by Gasteiger charge is -2.36. The van der Waals surface area contributed by atoms with Crippen molar-refractivity contribution < 1.29 is 19.5 Å². The molecule has 1 fully saturated rings. The first-order chi connectivity index (χ1) is 12.2. The molecule has 3 amide bonds. The molecule has 1 aliphatic heterocycles. The van der Waals surface area contributed by atoms with E-state index in [1.165, 1.54) is 0 Å². The highest BCUT2D eigenvalue weighted by atomic mass is 16.4. The van der Waals surface area contributed by atoms with Crippen LogP contribution in [0.1, 0.15) is 30.6 Å². The lowest BCUT2D eigenvalue weighted by Crippen LogP contribution is -2.52. The lowest BCUT2D eigenvalue weighted by molar-refractivity contribution is -0.147. The van der Waals surface area contributed by atoms with Gasteiger partial charge in [0, 0.05) is 44.0 Å². The fourth-order valence-electron chi connectivity index (χ4n) is 2.70. The van der Waals surface area contributed by atoms with Gasteiger partial charge >= 0.3 is 12.0 Å². The normalized spacial score (nSPS) is 14.8. The van der Waals surface area contributed by atoms with E-state index in [0.717, 1.165) is 5.69 Å². The summed E-state index contributed by atoms with van der Waals surface area (Å²) in [6.45, 7) is 6.13. The van der Waals surface area contributed by atoms with Crippen molar-refractivity contribution in [3.63, 3.8) is 0 Å². The third-order valence-electron chi connectivity index (χ3n) is 4.69. The van der Waals surface area contributed by atoms with E-state index in [-0.39, 0.29) is 6.03 Å². The number of carboxylic acid groups (broad SMARTS) is 1. The number of benzene rings is 1. The highest BCUT2D eigenvalue weighted by Crippen LogP contribution is 2.20. The zero-order valence-corrected chi connectivity index (χ0v) is 15.2. The molecule has 0 saturated carbocycles. The number of primary amides is 1. The van der Waals surface area contributed by atoms with Gasteiger partial charge in [0.25, 0.3) is 0 Å². The van der Waals surface area contributed by atoms with Crippen LogP contribution in [-0.4, -0.2) is 60.6 Å². The van der Waals surface area contributed by atoms with Crippen molar-refractivity contribution in [2.24, 2.45) is 11.1 Å². The van der Waals surface area contributed by atoms with Crippen molar-refractivity contribution in [1.29, 1.82) is 0 Å². The van der Waals surface area contributed by atoms with Crippen molar-refractivity contribution in [1.82, 2.24) is 10.2 Å². The van der Waals surface area contributed by atoms with Crippen molar-refractivity contribution in [3.8, 4) is 0 Å². The second-order valence-corrected chi connectivity index (χ2v) is 7.06. The molecule has 26 heavy (non-hydrogen) atoms. The number of nitrogens with two attached hydrogens (primary N) is 1. The van der Waals surface area contributed by atoms with E-state index in [1.807, 2.05) is 12.1 Å². The van der Waals surface area contributed by atoms with Gasteiger partial charge in [-0.25, -0.2) is 4.79 Å². The molecule has 1 aromatic carbocycles. The Morgan fingerprint density at radius 3 is 2.19 bits per heavy atom. The summed E-state index contributed by atoms with van der Waals surface area (Å²) in [7, 11) is 0. The number of hydrogen-bond acceptors (Lipinski definition) is 4. The summed E-state index contributed by atoms with van der Waals surface area (Å²) in [6, 6.07) is 6.92. The number of rotatable bonds is 6. The number of nitrogens with one attached hydrogen (secondary N) is 1. The molecule has 0 atom stereocenters. The quantitative estimate of drug-likeness (QED) is 0.701. The molecule has 1 aromatic rings. The van der Waals surface area contributed by atoms with Crippen molar-refractivity contribution in [2.45, 2.75) is 20.3 Å². The predicted molar refractivity (Wildman–Crippen MR) is 98.2 cm³/mol. The smallest absolute Gasteiger partial charge is 0.317 e. The van der Waals surface area contributed by atoms with Crippen LogP contribution in [0.2, 0.25) is 0 Å². The Labute approximate surface area is 152 Å². The van der Waals surface area contributed by atoms with E-state index in [1.54, 1.807) is 30.9 Å². The van der Waals surface area contributed by atoms with Gasteiger partial charge in [0.2, 0.25) is 5.91 Å². The fourth-order valence-corrected chi connectivity index (χ4v) is 2.70. The van der Waals surface area contributed by atoms with Gasteiger partial charge in [0.15, 0.2) is 0 Å². The molecule has 2 rings (SSSR count). The summed E-state index contributed by atoms with van der Waals surface area (Å²) >= 11 is 0. The molecule has 142 valence electrons. The largest absolute Gasteiger partial charge is 0.481 e. The number of aliphatic carboxylic acids is 1. The molecule has 1 aliphatic rings. The number of carbonyl (C=O) groups is 3. The minimum absolute atomic E-state index is 0.171. The average Bonchev–Trinajstić information content (AvgIpc) is 2.61. The average molecular weight is 362 g/mol. The van der Waals surface area contributed by atoms with Crippen LogP contribution in [0.15, 0.2) is 24.3 Å². The maximum atomic E-state index is 12.2. The van der Waals surface area contributed by atoms with Gasteiger partial charge in [0.1, 0.15) is 0 Å². The highest BCUT2D eigenvalue weighted by molar-refractivity contribution is 5.93. The van der Waals surface area contributed by atoms with Gasteiger partial charge in [-0.2, -0.15) is 0 Å². The molecule has 0 spiro atoms. The summed E-state index contributed by atoms with van der Waals surface area (Å²) < 4.78 is 0. The number of amides is 3. The molecule has 0 radical (unpaired) electrons. The van der Waals surface area contributed by atoms with Crippen LogP contribution in [0.5, 0.6) is 0 Å². The molecule has 0 aromatic heterocycles. The SMILES string of the molecule is CC(C)(CCNC(=O)N1CCN(c2ccc(C(N)=O)cc2)CC1)C(=O)O. The van der Waals surface area contributed by atoms with E-state index in [4.69, 9.17) is 10.8 Å². The minimum Gasteiger partial charge on any atom is -0.481 e. The zero-order chi connectivity index (χ0) is 19.3. The second-order valence-electron chi connectivity index (χ2n) is 7.06. The van der Waals surface area contributed by atoms with Crippen LogP contribution in [-0.2, 0) is 4.79 Å². The molecular formula is C18H26N4O4. The third-order valence-corrected chi connectivity index (χ3v) is 4.69. The topological polar surface area (TPSA) is 116 Å². The van der Waals surface area contributed by atoms with Crippen molar-refractivity contribution in [3.05, 3.63) is 29.8 Å². The number of carboxylic acids is 1. The summed E-state index contributed by atoms with van der Waals surface area (Å²) in [4.78, 5) is 38.3. The van der Waals surface area contributed by atoms with Gasteiger partial charge < -0.3 is 26.0 Å². The fraction of sp³-hybridized carbons (Fsp3) is 0.500. The Balaban J connectivity index is 1.79. The van der Waals surface area contributed by atoms with Crippen LogP contribution < -0.4 is 16.0 Å². The van der Waals surface area contributed by atoms with E-state index in [0.29, 0.717) is 44.7 Å². The Morgan fingerprint density at radius 2 is 1.69 bits per heavy atom. The van der Waals surface area contributed by atoms with E-state index in [9.17, 15) is 14.4 Å². The Hall–Kier alpha value is -2.77. The first kappa shape index (κ1) is 19.6. The Morgan fingerprint density at radius 1 is 1.12 bits per heavy atom. The molecule has 1 saturated heterocycles. The van der Waals surface area contributed by atoms with Gasteiger partial charge in [0.05, 0.1) is 5.41 Å². The molecule has 4 N–H and O–H groups in total. The monoisotopic (exact) mass is 362 g/mol. The van der Waals surface area contributed by atoms with Crippen LogP contribution in [0.4, 0.5) is 10.5 Å². The number of hydrogen-bond donors (Lipinski definition) is 3. The number of piperazine rings is 1. The predicted octanol–water partition coefficient (Wildman–Crippen LogP) is 1.12. The molecule has 8 nitrogen and oxygen atoms in total. The second kappa shape index (κ2) is 8.07. The Bertz CT molecular complexity index is 664. The van der Waals surface area contributed by atoms with Crippen LogP contribution in [0.25, 0.3) is 0 Å². The van der Waals surface area contributed by atoms with Gasteiger partial charge in [-0.1, -0.05) is 0 Å². The number of nitrogens with zero attached hydrogens (tertiary/aromatic N) is 2. The lowest BCUT2D eigenvalue weighted by atomic mass is 9.90. The maximum Gasteiger partial charge on any atom is 0.317 e. The van der Waals surface area contributed by atoms with Crippen LogP contribution in [0.3, 0.4) is 0 Å². The van der Waals surface area contributed by atoms with E-state index >= 15 is 0 Å². The molecule has 0 unspecified atom stereocenters. The standard InChI is InChI=1S/C18H26N4O4/c1-18(2,16(24)25)7-8-20-17(26)22-11-9-21(10-12-22)14-5-3-13(4-6-14)15(19)23/h3-6H,7-12H2,1-2H3,(H2,19,23)(H,20,26)(H,24,25). The number of anilines is 1. The summed E-state index contributed by atoms with van der Waals surface area (Å²) in [5, 5.41) is 11.9. The minimum atomic E-state index is -0.872. The third kappa shape index (κ3) is 4.87. The first-order valence-electron chi connectivity index (χ1n) is 8.62. The van der Waals surface area contributed by atoms with E-state index in [2.05, 4.69) is 10.2 Å². The molecule has 1 heterocycles. The molecule has 8 heteroatoms. The van der Waals surface area contributed by atoms with Crippen molar-refractivity contribution in [2.75, 3.05) is 37.6 Å². The van der Waals surface area contributed by atoms with Gasteiger partial charge in [-0.05, 0) is 44.5 Å². The van der Waals surface area contributed by atoms with Crippen molar-refractivity contribution >= 4 is 23.6 Å². The number of carbonyl (C=O) groups excluding carboxylic acids is 2. The molecular weight excluding hydrogens is 336 g/mol. The molecule has 0 aliphatic carbocycles. The summed E-state index contributed by atoms with van der Waals surface area (Å²) in [5.74, 6) is -1.33. The van der Waals surface area contributed by atoms with Gasteiger partial charge in [-0.15, -0.1) is 0 Å². The Kier molecular flexibility index (Phi) is 6.07. The number of urea groups is 1. The van der Waals surface area contributed by atoms with Crippen LogP contribution >= 0.6 is 0 Å². The molecule has 0 bridgehead atoms. The highest BCUT2D eigenvalue weighted by Gasteiger charge is 2.27. The van der Waals surface area contributed by atoms with Crippen LogP contribution in [0, 0.1) is 5.41 Å². The first-order valence-corrected chi connectivity index (χ1v) is 8.62. The maximum absolute atomic E-state index is 12.2. The zero-order valence-electron chi connectivity index (χ0n) is 15.2. The summed E-state index contributed by atoms with van der Waals surface area (Å²) in [5.41, 5.74) is 5.84. The van der Waals surface area contributed by atoms with E-state index < -0.39 is 17.3 Å². The van der Waals surface area contributed by atoms with Gasteiger partial charge in [-0.3, -0.25) is 9.59 Å².